The fraction of sp³-hybridized carbons (Fsp3) is 0.500. The molecule has 1 heterocycles. The van der Waals surface area contributed by atoms with Crippen molar-refractivity contribution in [3.05, 3.63) is 12.4 Å². The van der Waals surface area contributed by atoms with Gasteiger partial charge in [-0.1, -0.05) is 5.21 Å². The number of aliphatic carboxylic acids is 1. The van der Waals surface area contributed by atoms with Crippen LogP contribution in [0.3, 0.4) is 0 Å². The summed E-state index contributed by atoms with van der Waals surface area (Å²) >= 11 is 0. The number of nitrogens with zero attached hydrogens (tertiary/aromatic N) is 3. The Bertz CT molecular complexity index is 309. The topological polar surface area (TPSA) is 68.0 Å². The monoisotopic (exact) mass is 209 g/mol. The zero-order valence-electron chi connectivity index (χ0n) is 6.77. The van der Waals surface area contributed by atoms with E-state index in [1.54, 1.807) is 0 Å². The largest absolute Gasteiger partial charge is 0.481 e. The lowest BCUT2D eigenvalue weighted by Crippen LogP contribution is -2.29. The number of rotatable bonds is 3. The smallest absolute Gasteiger partial charge is 0.411 e. The molecule has 0 aliphatic rings. The molecular weight excluding hydrogens is 203 g/mol. The van der Waals surface area contributed by atoms with E-state index in [4.69, 9.17) is 5.11 Å². The molecular formula is C6H6F3N3O2. The van der Waals surface area contributed by atoms with Crippen LogP contribution in [0.5, 0.6) is 0 Å². The summed E-state index contributed by atoms with van der Waals surface area (Å²) in [6.07, 6.45) is -3.68. The fourth-order valence-corrected chi connectivity index (χ4v) is 0.908. The van der Waals surface area contributed by atoms with Gasteiger partial charge in [-0.3, -0.25) is 4.79 Å². The van der Waals surface area contributed by atoms with Crippen molar-refractivity contribution in [3.8, 4) is 0 Å². The van der Waals surface area contributed by atoms with Gasteiger partial charge in [0.25, 0.3) is 0 Å². The standard InChI is InChI=1S/C6H6F3N3O2/c7-6(8,9)4(3-5(13)14)12-2-1-10-11-12/h1-2,4H,3H2,(H,13,14)/t4-/m0/s1. The number of alkyl halides is 3. The normalized spacial score (nSPS) is 13.9. The number of aromatic nitrogens is 3. The van der Waals surface area contributed by atoms with Crippen LogP contribution in [0.15, 0.2) is 12.4 Å². The Morgan fingerprint density at radius 2 is 2.21 bits per heavy atom. The summed E-state index contributed by atoms with van der Waals surface area (Å²) < 4.78 is 37.4. The Morgan fingerprint density at radius 3 is 2.57 bits per heavy atom. The van der Waals surface area contributed by atoms with Crippen molar-refractivity contribution in [2.75, 3.05) is 0 Å². The van der Waals surface area contributed by atoms with Crippen molar-refractivity contribution >= 4 is 5.97 Å². The van der Waals surface area contributed by atoms with Gasteiger partial charge in [0.15, 0.2) is 6.04 Å². The second-order valence-electron chi connectivity index (χ2n) is 2.54. The van der Waals surface area contributed by atoms with Crippen LogP contribution in [0.2, 0.25) is 0 Å². The lowest BCUT2D eigenvalue weighted by Gasteiger charge is -2.17. The highest BCUT2D eigenvalue weighted by Crippen LogP contribution is 2.32. The van der Waals surface area contributed by atoms with Gasteiger partial charge >= 0.3 is 12.1 Å². The van der Waals surface area contributed by atoms with Crippen molar-refractivity contribution in [2.24, 2.45) is 0 Å². The third-order valence-corrected chi connectivity index (χ3v) is 1.51. The van der Waals surface area contributed by atoms with Crippen LogP contribution in [0.1, 0.15) is 12.5 Å². The van der Waals surface area contributed by atoms with E-state index in [0.717, 1.165) is 12.4 Å². The molecule has 0 unspecified atom stereocenters. The first-order valence-electron chi connectivity index (χ1n) is 3.55. The lowest BCUT2D eigenvalue weighted by atomic mass is 10.2. The molecule has 1 aromatic rings. The number of halogens is 3. The highest BCUT2D eigenvalue weighted by Gasteiger charge is 2.43. The van der Waals surface area contributed by atoms with E-state index >= 15 is 0 Å². The molecule has 0 aliphatic heterocycles. The molecule has 14 heavy (non-hydrogen) atoms. The number of carboxylic acid groups (broad SMARTS) is 1. The molecule has 0 radical (unpaired) electrons. The van der Waals surface area contributed by atoms with E-state index in [9.17, 15) is 18.0 Å². The van der Waals surface area contributed by atoms with Crippen LogP contribution in [0, 0.1) is 0 Å². The highest BCUT2D eigenvalue weighted by molar-refractivity contribution is 5.67. The Labute approximate surface area is 76.1 Å². The lowest BCUT2D eigenvalue weighted by molar-refractivity contribution is -0.179. The predicted molar refractivity (Wildman–Crippen MR) is 37.4 cm³/mol. The number of carbonyl (C=O) groups is 1. The number of carboxylic acids is 1. The quantitative estimate of drug-likeness (QED) is 0.801. The summed E-state index contributed by atoms with van der Waals surface area (Å²) in [4.78, 5) is 10.2. The second kappa shape index (κ2) is 3.64. The summed E-state index contributed by atoms with van der Waals surface area (Å²) in [6, 6.07) is -2.16. The summed E-state index contributed by atoms with van der Waals surface area (Å²) in [5.41, 5.74) is 0. The van der Waals surface area contributed by atoms with Crippen molar-refractivity contribution in [3.63, 3.8) is 0 Å². The van der Waals surface area contributed by atoms with Crippen LogP contribution in [-0.4, -0.2) is 32.2 Å². The van der Waals surface area contributed by atoms with E-state index in [2.05, 4.69) is 10.3 Å². The highest BCUT2D eigenvalue weighted by atomic mass is 19.4. The van der Waals surface area contributed by atoms with Crippen LogP contribution >= 0.6 is 0 Å². The molecule has 0 amide bonds. The third-order valence-electron chi connectivity index (χ3n) is 1.51. The van der Waals surface area contributed by atoms with E-state index < -0.39 is 24.6 Å². The maximum absolute atomic E-state index is 12.3. The Balaban J connectivity index is 2.89. The van der Waals surface area contributed by atoms with E-state index in [-0.39, 0.29) is 0 Å². The average Bonchev–Trinajstić information content (AvgIpc) is 2.49. The molecule has 0 fully saturated rings. The van der Waals surface area contributed by atoms with E-state index in [0.29, 0.717) is 4.68 Å². The molecule has 1 aromatic heterocycles. The average molecular weight is 209 g/mol. The minimum absolute atomic E-state index is 0.480. The summed E-state index contributed by atoms with van der Waals surface area (Å²) in [7, 11) is 0. The van der Waals surface area contributed by atoms with Gasteiger partial charge in [-0.2, -0.15) is 13.2 Å². The molecule has 78 valence electrons. The van der Waals surface area contributed by atoms with Crippen molar-refractivity contribution < 1.29 is 23.1 Å². The molecule has 0 aliphatic carbocycles. The number of hydrogen-bond acceptors (Lipinski definition) is 3. The van der Waals surface area contributed by atoms with Gasteiger partial charge in [0.1, 0.15) is 0 Å². The SMILES string of the molecule is O=C(O)C[C@H](n1ccnn1)C(F)(F)F. The van der Waals surface area contributed by atoms with Gasteiger partial charge in [0.05, 0.1) is 12.6 Å². The Kier molecular flexibility index (Phi) is 2.73. The van der Waals surface area contributed by atoms with Crippen LogP contribution in [-0.2, 0) is 4.79 Å². The maximum atomic E-state index is 12.3. The molecule has 8 heteroatoms. The molecule has 0 spiro atoms. The molecule has 1 atom stereocenters. The van der Waals surface area contributed by atoms with Gasteiger partial charge in [-0.25, -0.2) is 4.68 Å². The summed E-state index contributed by atoms with van der Waals surface area (Å²) in [5, 5.41) is 14.6. The number of hydrogen-bond donors (Lipinski definition) is 1. The first kappa shape index (κ1) is 10.5. The molecule has 0 saturated carbocycles. The summed E-state index contributed by atoms with van der Waals surface area (Å²) in [6.45, 7) is 0. The third kappa shape index (κ3) is 2.44. The molecule has 1 rings (SSSR count). The zero-order chi connectivity index (χ0) is 10.8. The van der Waals surface area contributed by atoms with Gasteiger partial charge < -0.3 is 5.11 Å². The van der Waals surface area contributed by atoms with E-state index in [1.807, 2.05) is 0 Å². The Morgan fingerprint density at radius 1 is 1.57 bits per heavy atom. The Hall–Kier alpha value is -1.60. The first-order chi connectivity index (χ1) is 6.41. The van der Waals surface area contributed by atoms with Gasteiger partial charge in [0, 0.05) is 6.20 Å². The van der Waals surface area contributed by atoms with Crippen molar-refractivity contribution in [1.82, 2.24) is 15.0 Å². The summed E-state index contributed by atoms with van der Waals surface area (Å²) in [5.74, 6) is -1.54. The first-order valence-corrected chi connectivity index (χ1v) is 3.55. The molecule has 0 saturated heterocycles. The maximum Gasteiger partial charge on any atom is 0.411 e. The molecule has 0 aromatic carbocycles. The van der Waals surface area contributed by atoms with Crippen LogP contribution in [0.4, 0.5) is 13.2 Å². The molecule has 0 bridgehead atoms. The van der Waals surface area contributed by atoms with Crippen molar-refractivity contribution in [1.29, 1.82) is 0 Å². The minimum Gasteiger partial charge on any atom is -0.481 e. The molecule has 5 nitrogen and oxygen atoms in total. The zero-order valence-corrected chi connectivity index (χ0v) is 6.77. The van der Waals surface area contributed by atoms with Gasteiger partial charge in [-0.15, -0.1) is 5.10 Å². The van der Waals surface area contributed by atoms with E-state index in [1.165, 1.54) is 0 Å². The van der Waals surface area contributed by atoms with Crippen molar-refractivity contribution in [2.45, 2.75) is 18.6 Å². The van der Waals surface area contributed by atoms with Crippen LogP contribution in [0.25, 0.3) is 0 Å². The second-order valence-corrected chi connectivity index (χ2v) is 2.54. The molecule has 1 N–H and O–H groups in total. The fourth-order valence-electron chi connectivity index (χ4n) is 0.908. The van der Waals surface area contributed by atoms with Gasteiger partial charge in [-0.05, 0) is 0 Å². The van der Waals surface area contributed by atoms with Crippen LogP contribution < -0.4 is 0 Å². The predicted octanol–water partition coefficient (Wildman–Crippen LogP) is 0.856. The minimum atomic E-state index is -4.65. The van der Waals surface area contributed by atoms with Gasteiger partial charge in [0.2, 0.25) is 0 Å².